The summed E-state index contributed by atoms with van der Waals surface area (Å²) in [6.07, 6.45) is -0.0303. The van der Waals surface area contributed by atoms with Gasteiger partial charge in [-0.05, 0) is 36.6 Å². The second-order valence-corrected chi connectivity index (χ2v) is 10.9. The minimum Gasteiger partial charge on any atom is -0.294 e. The Morgan fingerprint density at radius 3 is 1.79 bits per heavy atom. The highest BCUT2D eigenvalue weighted by molar-refractivity contribution is 7.89. The van der Waals surface area contributed by atoms with Gasteiger partial charge in [-0.25, -0.2) is 13.1 Å². The highest BCUT2D eigenvalue weighted by atomic mass is 32.2. The van der Waals surface area contributed by atoms with Gasteiger partial charge in [-0.1, -0.05) is 115 Å². The zero-order chi connectivity index (χ0) is 27.1. The van der Waals surface area contributed by atoms with Crippen LogP contribution < -0.4 is 4.72 Å². The van der Waals surface area contributed by atoms with Gasteiger partial charge in [0.2, 0.25) is 10.0 Å². The van der Waals surface area contributed by atoms with E-state index < -0.39 is 22.0 Å². The van der Waals surface area contributed by atoms with Crippen molar-refractivity contribution in [3.8, 4) is 0 Å². The molecule has 0 amide bonds. The van der Waals surface area contributed by atoms with Gasteiger partial charge >= 0.3 is 0 Å². The van der Waals surface area contributed by atoms with E-state index in [4.69, 9.17) is 0 Å². The molecule has 0 aromatic heterocycles. The second-order valence-electron chi connectivity index (χ2n) is 9.16. The van der Waals surface area contributed by atoms with Gasteiger partial charge in [-0.15, -0.1) is 0 Å². The summed E-state index contributed by atoms with van der Waals surface area (Å²) in [7, 11) is -4.01. The molecular weight excluding hydrogens is 494 g/mol. The first-order valence-electron chi connectivity index (χ1n) is 12.3. The Bertz CT molecular complexity index is 1520. The molecule has 6 heteroatoms. The summed E-state index contributed by atoms with van der Waals surface area (Å²) in [6.45, 7) is 5.88. The number of rotatable bonds is 11. The van der Waals surface area contributed by atoms with Crippen molar-refractivity contribution in [2.24, 2.45) is 5.92 Å². The number of hydrogen-bond donors (Lipinski definition) is 1. The molecule has 4 aromatic rings. The monoisotopic (exact) mass is 523 g/mol. The van der Waals surface area contributed by atoms with Gasteiger partial charge < -0.3 is 0 Å². The van der Waals surface area contributed by atoms with Gasteiger partial charge in [0.1, 0.15) is 0 Å². The zero-order valence-corrected chi connectivity index (χ0v) is 21.9. The minimum atomic E-state index is -4.01. The van der Waals surface area contributed by atoms with E-state index >= 15 is 0 Å². The molecule has 38 heavy (non-hydrogen) atoms. The molecule has 1 N–H and O–H groups in total. The smallest absolute Gasteiger partial charge is 0.241 e. The van der Waals surface area contributed by atoms with Crippen molar-refractivity contribution < 1.29 is 18.0 Å². The largest absolute Gasteiger partial charge is 0.294 e. The minimum absolute atomic E-state index is 0.0303. The Morgan fingerprint density at radius 2 is 1.24 bits per heavy atom. The van der Waals surface area contributed by atoms with Crippen LogP contribution >= 0.6 is 0 Å². The Morgan fingerprint density at radius 1 is 0.737 bits per heavy atom. The Kier molecular flexibility index (Phi) is 8.46. The third kappa shape index (κ3) is 6.40. The summed E-state index contributed by atoms with van der Waals surface area (Å²) >= 11 is 0. The fraction of sp³-hybridized carbons (Fsp3) is 0.125. The van der Waals surface area contributed by atoms with Crippen LogP contribution in [0.5, 0.6) is 0 Å². The molecule has 0 saturated carbocycles. The Hall–Kier alpha value is -4.13. The van der Waals surface area contributed by atoms with Gasteiger partial charge in [-0.3, -0.25) is 9.59 Å². The van der Waals surface area contributed by atoms with Crippen molar-refractivity contribution in [2.75, 3.05) is 0 Å². The van der Waals surface area contributed by atoms with Crippen LogP contribution in [0.4, 0.5) is 0 Å². The number of aryl methyl sites for hydroxylation is 1. The molecule has 0 unspecified atom stereocenters. The maximum Gasteiger partial charge on any atom is 0.241 e. The first-order valence-corrected chi connectivity index (χ1v) is 13.8. The van der Waals surface area contributed by atoms with Gasteiger partial charge in [0.25, 0.3) is 0 Å². The van der Waals surface area contributed by atoms with E-state index in [1.165, 1.54) is 12.1 Å². The molecule has 0 heterocycles. The molecule has 0 spiro atoms. The van der Waals surface area contributed by atoms with Gasteiger partial charge in [0, 0.05) is 17.0 Å². The normalized spacial score (nSPS) is 12.9. The average Bonchev–Trinajstić information content (AvgIpc) is 2.95. The zero-order valence-electron chi connectivity index (χ0n) is 21.1. The van der Waals surface area contributed by atoms with Crippen molar-refractivity contribution in [3.63, 3.8) is 0 Å². The van der Waals surface area contributed by atoms with Gasteiger partial charge in [0.15, 0.2) is 11.6 Å². The van der Waals surface area contributed by atoms with E-state index in [2.05, 4.69) is 11.3 Å². The van der Waals surface area contributed by atoms with Crippen LogP contribution in [0.2, 0.25) is 0 Å². The van der Waals surface area contributed by atoms with Crippen molar-refractivity contribution in [1.82, 2.24) is 4.72 Å². The van der Waals surface area contributed by atoms with E-state index in [-0.39, 0.29) is 28.5 Å². The maximum atomic E-state index is 13.9. The highest BCUT2D eigenvalue weighted by Gasteiger charge is 2.35. The summed E-state index contributed by atoms with van der Waals surface area (Å²) in [4.78, 5) is 27.2. The van der Waals surface area contributed by atoms with Crippen LogP contribution in [0.3, 0.4) is 0 Å². The van der Waals surface area contributed by atoms with Crippen LogP contribution in [-0.4, -0.2) is 20.0 Å². The van der Waals surface area contributed by atoms with Crippen molar-refractivity contribution in [1.29, 1.82) is 0 Å². The SMILES string of the molecule is C=C(C[C@H](C(=O)c1ccccc1)[C@H](NS(=O)(=O)c1ccc(C)cc1)c1ccccc1)C(=O)c1ccccc1. The molecule has 2 atom stereocenters. The van der Waals surface area contributed by atoms with Crippen LogP contribution in [0, 0.1) is 12.8 Å². The van der Waals surface area contributed by atoms with Crippen LogP contribution in [0.1, 0.15) is 44.3 Å². The van der Waals surface area contributed by atoms with Crippen LogP contribution in [0.15, 0.2) is 132 Å². The van der Waals surface area contributed by atoms with E-state index in [1.54, 1.807) is 91.0 Å². The molecule has 0 saturated heterocycles. The standard InChI is InChI=1S/C32H29NO4S/c1-23-18-20-28(21-19-23)38(36,37)33-30(25-12-6-3-7-13-25)29(32(35)27-16-10-5-11-17-27)22-24(2)31(34)26-14-8-4-9-15-26/h3-21,29-30,33H,2,22H2,1H3/t29-,30+/m0/s1. The fourth-order valence-corrected chi connectivity index (χ4v) is 5.59. The highest BCUT2D eigenvalue weighted by Crippen LogP contribution is 2.33. The molecule has 0 radical (unpaired) electrons. The Balaban J connectivity index is 1.77. The van der Waals surface area contributed by atoms with Crippen LogP contribution in [0.25, 0.3) is 0 Å². The number of ketones is 2. The summed E-state index contributed by atoms with van der Waals surface area (Å²) in [5.74, 6) is -1.50. The van der Waals surface area contributed by atoms with Crippen LogP contribution in [-0.2, 0) is 10.0 Å². The molecule has 0 aliphatic heterocycles. The number of hydrogen-bond acceptors (Lipinski definition) is 4. The molecule has 0 aliphatic rings. The number of nitrogens with one attached hydrogen (secondary N) is 1. The summed E-state index contributed by atoms with van der Waals surface area (Å²) in [6, 6.07) is 31.9. The number of sulfonamides is 1. The van der Waals surface area contributed by atoms with E-state index in [0.29, 0.717) is 16.7 Å². The van der Waals surface area contributed by atoms with Crippen molar-refractivity contribution in [2.45, 2.75) is 24.3 Å². The number of carbonyl (C=O) groups excluding carboxylic acids is 2. The predicted octanol–water partition coefficient (Wildman–Crippen LogP) is 6.34. The molecule has 192 valence electrons. The first-order chi connectivity index (χ1) is 18.3. The van der Waals surface area contributed by atoms with E-state index in [0.717, 1.165) is 5.56 Å². The number of benzene rings is 4. The second kappa shape index (κ2) is 11.9. The number of allylic oxidation sites excluding steroid dienone is 1. The first kappa shape index (κ1) is 26.9. The van der Waals surface area contributed by atoms with Crippen molar-refractivity contribution in [3.05, 3.63) is 150 Å². The molecular formula is C32H29NO4S. The summed E-state index contributed by atoms with van der Waals surface area (Å²) in [5, 5.41) is 0. The molecule has 4 aromatic carbocycles. The van der Waals surface area contributed by atoms with Gasteiger partial charge in [-0.2, -0.15) is 0 Å². The topological polar surface area (TPSA) is 80.3 Å². The Labute approximate surface area is 223 Å². The number of carbonyl (C=O) groups is 2. The average molecular weight is 524 g/mol. The van der Waals surface area contributed by atoms with Crippen molar-refractivity contribution >= 4 is 21.6 Å². The predicted molar refractivity (Wildman–Crippen MR) is 149 cm³/mol. The lowest BCUT2D eigenvalue weighted by Gasteiger charge is -2.28. The number of Topliss-reactive ketones (excluding diaryl/α,β-unsaturated/α-hetero) is 2. The third-order valence-electron chi connectivity index (χ3n) is 6.39. The molecule has 4 rings (SSSR count). The van der Waals surface area contributed by atoms with Gasteiger partial charge in [0.05, 0.1) is 10.9 Å². The lowest BCUT2D eigenvalue weighted by Crippen LogP contribution is -2.37. The third-order valence-corrected chi connectivity index (χ3v) is 7.85. The maximum absolute atomic E-state index is 13.9. The van der Waals surface area contributed by atoms with E-state index in [1.807, 2.05) is 19.1 Å². The quantitative estimate of drug-likeness (QED) is 0.184. The summed E-state index contributed by atoms with van der Waals surface area (Å²) < 4.78 is 29.8. The van der Waals surface area contributed by atoms with E-state index in [9.17, 15) is 18.0 Å². The lowest BCUT2D eigenvalue weighted by molar-refractivity contribution is 0.0891. The lowest BCUT2D eigenvalue weighted by atomic mass is 9.81. The fourth-order valence-electron chi connectivity index (χ4n) is 4.33. The summed E-state index contributed by atoms with van der Waals surface area (Å²) in [5.41, 5.74) is 2.64. The molecule has 5 nitrogen and oxygen atoms in total. The molecule has 0 aliphatic carbocycles. The molecule has 0 bridgehead atoms. The molecule has 0 fully saturated rings.